The normalized spacial score (nSPS) is 25.6. The van der Waals surface area contributed by atoms with Crippen LogP contribution in [0.5, 0.6) is 0 Å². The molecule has 4 nitrogen and oxygen atoms in total. The minimum atomic E-state index is -0.764. The molecule has 114 valence electrons. The van der Waals surface area contributed by atoms with Crippen molar-refractivity contribution in [3.8, 4) is 0 Å². The van der Waals surface area contributed by atoms with Crippen molar-refractivity contribution in [2.75, 3.05) is 18.8 Å². The first kappa shape index (κ1) is 15.7. The molecule has 2 fully saturated rings. The number of carboxylic acids is 1. The number of aliphatic carboxylic acids is 1. The Hall–Kier alpha value is -0.710. The van der Waals surface area contributed by atoms with E-state index in [1.807, 2.05) is 16.7 Å². The van der Waals surface area contributed by atoms with Crippen molar-refractivity contribution in [2.24, 2.45) is 5.41 Å². The lowest BCUT2D eigenvalue weighted by molar-refractivity contribution is -0.141. The molecule has 20 heavy (non-hydrogen) atoms. The number of nitrogens with zero attached hydrogens (tertiary/aromatic N) is 1. The van der Waals surface area contributed by atoms with Crippen LogP contribution in [0.2, 0.25) is 0 Å². The van der Waals surface area contributed by atoms with Crippen molar-refractivity contribution < 1.29 is 14.7 Å². The van der Waals surface area contributed by atoms with Gasteiger partial charge < -0.3 is 10.0 Å². The molecule has 1 saturated carbocycles. The number of hydrogen-bond acceptors (Lipinski definition) is 3. The molecular weight excluding hydrogens is 274 g/mol. The topological polar surface area (TPSA) is 57.6 Å². The van der Waals surface area contributed by atoms with Crippen molar-refractivity contribution in [3.63, 3.8) is 0 Å². The van der Waals surface area contributed by atoms with Crippen molar-refractivity contribution in [1.82, 2.24) is 4.90 Å². The Morgan fingerprint density at radius 1 is 1.30 bits per heavy atom. The predicted octanol–water partition coefficient (Wildman–Crippen LogP) is 2.77. The molecule has 0 aromatic rings. The Balaban J connectivity index is 1.96. The van der Waals surface area contributed by atoms with Gasteiger partial charge in [-0.05, 0) is 24.7 Å². The fraction of sp³-hybridized carbons (Fsp3) is 0.867. The predicted molar refractivity (Wildman–Crippen MR) is 80.9 cm³/mol. The van der Waals surface area contributed by atoms with Gasteiger partial charge in [0.15, 0.2) is 0 Å². The molecule has 1 atom stereocenters. The van der Waals surface area contributed by atoms with E-state index in [-0.39, 0.29) is 17.7 Å². The van der Waals surface area contributed by atoms with Crippen LogP contribution in [0, 0.1) is 5.41 Å². The van der Waals surface area contributed by atoms with Crippen LogP contribution in [0.15, 0.2) is 0 Å². The quantitative estimate of drug-likeness (QED) is 0.848. The maximum atomic E-state index is 12.5. The Labute approximate surface area is 125 Å². The Bertz CT molecular complexity index is 366. The summed E-state index contributed by atoms with van der Waals surface area (Å²) < 4.78 is 0. The summed E-state index contributed by atoms with van der Waals surface area (Å²) in [6.45, 7) is 3.82. The third kappa shape index (κ3) is 3.90. The summed E-state index contributed by atoms with van der Waals surface area (Å²) >= 11 is 1.95. The molecule has 2 aliphatic rings. The van der Waals surface area contributed by atoms with Crippen LogP contribution in [0.1, 0.15) is 51.9 Å². The fourth-order valence-electron chi connectivity index (χ4n) is 3.49. The largest absolute Gasteiger partial charge is 0.481 e. The molecule has 2 rings (SSSR count). The van der Waals surface area contributed by atoms with E-state index in [2.05, 4.69) is 6.92 Å². The molecule has 1 aliphatic carbocycles. The van der Waals surface area contributed by atoms with Gasteiger partial charge >= 0.3 is 5.97 Å². The number of amides is 1. The third-order valence-corrected chi connectivity index (χ3v) is 6.04. The van der Waals surface area contributed by atoms with E-state index < -0.39 is 5.97 Å². The lowest BCUT2D eigenvalue weighted by atomic mass is 9.79. The summed E-state index contributed by atoms with van der Waals surface area (Å²) in [7, 11) is 0. The van der Waals surface area contributed by atoms with Crippen molar-refractivity contribution in [3.05, 3.63) is 0 Å². The molecule has 0 aromatic heterocycles. The second-order valence-corrected chi connectivity index (χ2v) is 7.60. The number of carbonyl (C=O) groups excluding carboxylic acids is 1. The highest BCUT2D eigenvalue weighted by atomic mass is 32.2. The average molecular weight is 299 g/mol. The van der Waals surface area contributed by atoms with Gasteiger partial charge in [-0.25, -0.2) is 0 Å². The minimum Gasteiger partial charge on any atom is -0.481 e. The van der Waals surface area contributed by atoms with Gasteiger partial charge in [0.2, 0.25) is 5.91 Å². The Morgan fingerprint density at radius 2 is 2.00 bits per heavy atom. The molecule has 0 spiro atoms. The summed E-state index contributed by atoms with van der Waals surface area (Å²) in [5.74, 6) is 0.420. The Morgan fingerprint density at radius 3 is 2.60 bits per heavy atom. The molecular formula is C15H25NO3S. The van der Waals surface area contributed by atoms with Crippen molar-refractivity contribution in [2.45, 2.75) is 57.1 Å². The van der Waals surface area contributed by atoms with E-state index in [0.29, 0.717) is 11.7 Å². The zero-order valence-electron chi connectivity index (χ0n) is 12.3. The number of hydrogen-bond donors (Lipinski definition) is 1. The average Bonchev–Trinajstić information content (AvgIpc) is 2.86. The summed E-state index contributed by atoms with van der Waals surface area (Å²) in [4.78, 5) is 25.6. The molecule has 1 saturated heterocycles. The van der Waals surface area contributed by atoms with E-state index in [9.17, 15) is 9.59 Å². The van der Waals surface area contributed by atoms with Crippen molar-refractivity contribution >= 4 is 23.6 Å². The van der Waals surface area contributed by atoms with E-state index in [0.717, 1.165) is 50.9 Å². The Kier molecular flexibility index (Phi) is 5.35. The maximum absolute atomic E-state index is 12.5. The summed E-state index contributed by atoms with van der Waals surface area (Å²) in [5, 5.41) is 9.66. The highest BCUT2D eigenvalue weighted by Crippen LogP contribution is 2.44. The first-order valence-corrected chi connectivity index (χ1v) is 8.71. The van der Waals surface area contributed by atoms with Gasteiger partial charge in [0.25, 0.3) is 0 Å². The second-order valence-electron chi connectivity index (χ2n) is 6.20. The molecule has 0 aromatic carbocycles. The SMILES string of the molecule is CCC1CN(C(=O)CC2(CC(=O)O)CCCC2)CCS1. The van der Waals surface area contributed by atoms with E-state index in [1.165, 1.54) is 0 Å². The smallest absolute Gasteiger partial charge is 0.303 e. The molecule has 5 heteroatoms. The summed E-state index contributed by atoms with van der Waals surface area (Å²) in [6, 6.07) is 0. The van der Waals surface area contributed by atoms with Gasteiger partial charge in [-0.2, -0.15) is 11.8 Å². The minimum absolute atomic E-state index is 0.151. The van der Waals surface area contributed by atoms with Crippen LogP contribution in [-0.2, 0) is 9.59 Å². The van der Waals surface area contributed by atoms with E-state index >= 15 is 0 Å². The second kappa shape index (κ2) is 6.83. The number of carbonyl (C=O) groups is 2. The van der Waals surface area contributed by atoms with E-state index in [1.54, 1.807) is 0 Å². The molecule has 1 heterocycles. The highest BCUT2D eigenvalue weighted by molar-refractivity contribution is 8.00. The lowest BCUT2D eigenvalue weighted by Gasteiger charge is -2.35. The molecule has 0 bridgehead atoms. The third-order valence-electron chi connectivity index (χ3n) is 4.66. The van der Waals surface area contributed by atoms with Crippen LogP contribution in [0.4, 0.5) is 0 Å². The van der Waals surface area contributed by atoms with Gasteiger partial charge in [-0.3, -0.25) is 9.59 Å². The van der Waals surface area contributed by atoms with Gasteiger partial charge in [0.1, 0.15) is 0 Å². The van der Waals surface area contributed by atoms with Crippen LogP contribution in [-0.4, -0.2) is 46.0 Å². The van der Waals surface area contributed by atoms with Crippen LogP contribution in [0.3, 0.4) is 0 Å². The fourth-order valence-corrected chi connectivity index (χ4v) is 4.67. The van der Waals surface area contributed by atoms with Crippen LogP contribution in [0.25, 0.3) is 0 Å². The molecule has 1 amide bonds. The van der Waals surface area contributed by atoms with Crippen molar-refractivity contribution in [1.29, 1.82) is 0 Å². The lowest BCUT2D eigenvalue weighted by Crippen LogP contribution is -2.43. The van der Waals surface area contributed by atoms with Gasteiger partial charge in [-0.1, -0.05) is 19.8 Å². The zero-order chi connectivity index (χ0) is 14.6. The van der Waals surface area contributed by atoms with Crippen LogP contribution >= 0.6 is 11.8 Å². The molecule has 0 radical (unpaired) electrons. The van der Waals surface area contributed by atoms with Crippen LogP contribution < -0.4 is 0 Å². The van der Waals surface area contributed by atoms with Gasteiger partial charge in [0, 0.05) is 30.5 Å². The first-order chi connectivity index (χ1) is 9.54. The molecule has 1 N–H and O–H groups in total. The first-order valence-electron chi connectivity index (χ1n) is 7.66. The number of carboxylic acid groups (broad SMARTS) is 1. The number of thioether (sulfide) groups is 1. The zero-order valence-corrected chi connectivity index (χ0v) is 13.1. The highest BCUT2D eigenvalue weighted by Gasteiger charge is 2.39. The van der Waals surface area contributed by atoms with E-state index in [4.69, 9.17) is 5.11 Å². The number of rotatable bonds is 5. The van der Waals surface area contributed by atoms with Gasteiger partial charge in [0.05, 0.1) is 6.42 Å². The monoisotopic (exact) mass is 299 g/mol. The summed E-state index contributed by atoms with van der Waals surface area (Å²) in [6.07, 6.45) is 5.59. The standard InChI is InChI=1S/C15H25NO3S/c1-2-12-11-16(7-8-20-12)13(17)9-15(10-14(18)19)5-3-4-6-15/h12H,2-11H2,1H3,(H,18,19). The van der Waals surface area contributed by atoms with Gasteiger partial charge in [-0.15, -0.1) is 0 Å². The maximum Gasteiger partial charge on any atom is 0.303 e. The summed E-state index contributed by atoms with van der Waals surface area (Å²) in [5.41, 5.74) is -0.269. The molecule has 1 unspecified atom stereocenters. The molecule has 1 aliphatic heterocycles.